The Balaban J connectivity index is 2.84. The van der Waals surface area contributed by atoms with Gasteiger partial charge in [0.15, 0.2) is 0 Å². The highest BCUT2D eigenvalue weighted by atomic mass is 35.5. The summed E-state index contributed by atoms with van der Waals surface area (Å²) in [6.07, 6.45) is 0. The third-order valence-electron chi connectivity index (χ3n) is 2.63. The van der Waals surface area contributed by atoms with E-state index in [1.807, 2.05) is 11.8 Å². The number of carboxylic acid groups (broad SMARTS) is 1. The van der Waals surface area contributed by atoms with Gasteiger partial charge in [0.2, 0.25) is 0 Å². The topological polar surface area (TPSA) is 58.4 Å². The van der Waals surface area contributed by atoms with E-state index < -0.39 is 5.97 Å². The number of hydrogen-bond donors (Lipinski definition) is 1. The number of aryl methyl sites for hydroxylation is 2. The fraction of sp³-hybridized carbons (Fsp3) is 0.667. The van der Waals surface area contributed by atoms with Crippen LogP contribution in [-0.2, 0) is 18.4 Å². The third kappa shape index (κ3) is 3.99. The van der Waals surface area contributed by atoms with Crippen LogP contribution in [0.4, 0.5) is 0 Å². The molecule has 0 aliphatic rings. The highest BCUT2D eigenvalue weighted by Crippen LogP contribution is 2.20. The maximum Gasteiger partial charge on any atom is 0.317 e. The van der Waals surface area contributed by atoms with Crippen molar-refractivity contribution >= 4 is 17.6 Å². The molecular weight excluding hydrogens is 254 g/mol. The summed E-state index contributed by atoms with van der Waals surface area (Å²) >= 11 is 6.16. The lowest BCUT2D eigenvalue weighted by Gasteiger charge is -2.22. The minimum absolute atomic E-state index is 0.0167. The van der Waals surface area contributed by atoms with E-state index >= 15 is 0 Å². The van der Waals surface area contributed by atoms with Crippen molar-refractivity contribution < 1.29 is 9.90 Å². The number of aliphatic carboxylic acids is 1. The molecule has 0 aliphatic carbocycles. The fourth-order valence-electron chi connectivity index (χ4n) is 1.97. The fourth-order valence-corrected chi connectivity index (χ4v) is 2.20. The average molecular weight is 274 g/mol. The van der Waals surface area contributed by atoms with Crippen LogP contribution < -0.4 is 0 Å². The Morgan fingerprint density at radius 3 is 2.56 bits per heavy atom. The molecule has 18 heavy (non-hydrogen) atoms. The molecule has 0 saturated carbocycles. The lowest BCUT2D eigenvalue weighted by atomic mass is 10.2. The molecule has 6 heteroatoms. The average Bonchev–Trinajstić information content (AvgIpc) is 2.43. The molecule has 5 nitrogen and oxygen atoms in total. The second kappa shape index (κ2) is 6.20. The van der Waals surface area contributed by atoms with Gasteiger partial charge >= 0.3 is 5.97 Å². The monoisotopic (exact) mass is 273 g/mol. The molecule has 0 fully saturated rings. The zero-order chi connectivity index (χ0) is 13.9. The molecule has 0 unspecified atom stereocenters. The summed E-state index contributed by atoms with van der Waals surface area (Å²) in [6.45, 7) is 7.26. The summed E-state index contributed by atoms with van der Waals surface area (Å²) < 4.78 is 1.61. The first-order chi connectivity index (χ1) is 8.31. The molecule has 0 saturated heterocycles. The molecular formula is C12H20ClN3O2. The van der Waals surface area contributed by atoms with Crippen LogP contribution in [0.25, 0.3) is 0 Å². The predicted octanol–water partition coefficient (Wildman–Crippen LogP) is 1.92. The van der Waals surface area contributed by atoms with Crippen molar-refractivity contribution in [3.05, 3.63) is 16.4 Å². The van der Waals surface area contributed by atoms with Gasteiger partial charge in [-0.3, -0.25) is 14.4 Å². The Hall–Kier alpha value is -1.07. The van der Waals surface area contributed by atoms with Crippen molar-refractivity contribution in [2.75, 3.05) is 13.1 Å². The van der Waals surface area contributed by atoms with E-state index in [4.69, 9.17) is 16.7 Å². The van der Waals surface area contributed by atoms with Crippen molar-refractivity contribution in [3.63, 3.8) is 0 Å². The molecule has 0 bridgehead atoms. The van der Waals surface area contributed by atoms with Gasteiger partial charge in [-0.05, 0) is 12.8 Å². The molecule has 0 radical (unpaired) electrons. The number of hydrogen-bond acceptors (Lipinski definition) is 3. The minimum atomic E-state index is -0.826. The van der Waals surface area contributed by atoms with E-state index in [0.29, 0.717) is 17.6 Å². The van der Waals surface area contributed by atoms with Gasteiger partial charge in [0.1, 0.15) is 5.15 Å². The molecule has 0 aromatic carbocycles. The summed E-state index contributed by atoms with van der Waals surface area (Å²) in [5.41, 5.74) is 1.75. The van der Waals surface area contributed by atoms with Crippen LogP contribution in [0.2, 0.25) is 5.15 Å². The number of halogens is 1. The van der Waals surface area contributed by atoms with Crippen LogP contribution in [0.1, 0.15) is 25.1 Å². The van der Waals surface area contributed by atoms with E-state index in [-0.39, 0.29) is 6.54 Å². The molecule has 1 heterocycles. The highest BCUT2D eigenvalue weighted by molar-refractivity contribution is 6.30. The molecule has 1 N–H and O–H groups in total. The van der Waals surface area contributed by atoms with Crippen molar-refractivity contribution in [2.24, 2.45) is 13.0 Å². The Labute approximate surface area is 112 Å². The molecule has 0 atom stereocenters. The first kappa shape index (κ1) is 15.0. The van der Waals surface area contributed by atoms with E-state index in [0.717, 1.165) is 17.8 Å². The zero-order valence-corrected chi connectivity index (χ0v) is 12.0. The Morgan fingerprint density at radius 1 is 1.56 bits per heavy atom. The summed E-state index contributed by atoms with van der Waals surface area (Å²) in [5, 5.41) is 13.7. The molecule has 1 aromatic rings. The van der Waals surface area contributed by atoms with E-state index in [1.54, 1.807) is 11.7 Å². The first-order valence-corrected chi connectivity index (χ1v) is 6.31. The molecule has 1 aromatic heterocycles. The van der Waals surface area contributed by atoms with Crippen LogP contribution in [-0.4, -0.2) is 38.8 Å². The SMILES string of the molecule is Cc1nn(C)c(Cl)c1CN(CC(=O)O)CC(C)C. The maximum atomic E-state index is 10.9. The van der Waals surface area contributed by atoms with Gasteiger partial charge in [0, 0.05) is 25.7 Å². The Morgan fingerprint density at radius 2 is 2.17 bits per heavy atom. The van der Waals surface area contributed by atoms with Gasteiger partial charge in [-0.2, -0.15) is 5.10 Å². The number of rotatable bonds is 6. The van der Waals surface area contributed by atoms with E-state index in [2.05, 4.69) is 18.9 Å². The van der Waals surface area contributed by atoms with Crippen molar-refractivity contribution in [1.82, 2.24) is 14.7 Å². The van der Waals surface area contributed by atoms with Gasteiger partial charge in [0.05, 0.1) is 12.2 Å². The minimum Gasteiger partial charge on any atom is -0.480 e. The summed E-state index contributed by atoms with van der Waals surface area (Å²) in [5.74, 6) is -0.423. The normalized spacial score (nSPS) is 11.5. The third-order valence-corrected chi connectivity index (χ3v) is 3.11. The smallest absolute Gasteiger partial charge is 0.317 e. The summed E-state index contributed by atoms with van der Waals surface area (Å²) in [4.78, 5) is 12.7. The maximum absolute atomic E-state index is 10.9. The number of carboxylic acids is 1. The standard InChI is InChI=1S/C12H20ClN3O2/c1-8(2)5-16(7-11(17)18)6-10-9(3)14-15(4)12(10)13/h8H,5-7H2,1-4H3,(H,17,18). The van der Waals surface area contributed by atoms with Crippen LogP contribution >= 0.6 is 11.6 Å². The second-order valence-electron chi connectivity index (χ2n) is 4.94. The lowest BCUT2D eigenvalue weighted by molar-refractivity contribution is -0.138. The van der Waals surface area contributed by atoms with Gasteiger partial charge in [-0.25, -0.2) is 0 Å². The number of aromatic nitrogens is 2. The van der Waals surface area contributed by atoms with Gasteiger partial charge < -0.3 is 5.11 Å². The molecule has 0 spiro atoms. The quantitative estimate of drug-likeness (QED) is 0.860. The van der Waals surface area contributed by atoms with Gasteiger partial charge in [0.25, 0.3) is 0 Å². The zero-order valence-electron chi connectivity index (χ0n) is 11.3. The molecule has 0 amide bonds. The van der Waals surface area contributed by atoms with Crippen LogP contribution in [0.5, 0.6) is 0 Å². The predicted molar refractivity (Wildman–Crippen MR) is 70.7 cm³/mol. The molecule has 0 aliphatic heterocycles. The van der Waals surface area contributed by atoms with Crippen molar-refractivity contribution in [1.29, 1.82) is 0 Å². The largest absolute Gasteiger partial charge is 0.480 e. The van der Waals surface area contributed by atoms with E-state index in [1.165, 1.54) is 0 Å². The Kier molecular flexibility index (Phi) is 5.16. The van der Waals surface area contributed by atoms with Crippen molar-refractivity contribution in [2.45, 2.75) is 27.3 Å². The highest BCUT2D eigenvalue weighted by Gasteiger charge is 2.17. The Bertz CT molecular complexity index is 429. The molecule has 1 rings (SSSR count). The first-order valence-electron chi connectivity index (χ1n) is 5.93. The van der Waals surface area contributed by atoms with Crippen LogP contribution in [0, 0.1) is 12.8 Å². The lowest BCUT2D eigenvalue weighted by Crippen LogP contribution is -2.32. The van der Waals surface area contributed by atoms with E-state index in [9.17, 15) is 4.79 Å². The summed E-state index contributed by atoms with van der Waals surface area (Å²) in [7, 11) is 1.78. The van der Waals surface area contributed by atoms with Gasteiger partial charge in [-0.15, -0.1) is 0 Å². The van der Waals surface area contributed by atoms with Crippen LogP contribution in [0.15, 0.2) is 0 Å². The number of carbonyl (C=O) groups is 1. The van der Waals surface area contributed by atoms with Crippen LogP contribution in [0.3, 0.4) is 0 Å². The second-order valence-corrected chi connectivity index (χ2v) is 5.29. The number of nitrogens with zero attached hydrogens (tertiary/aromatic N) is 3. The molecule has 102 valence electrons. The summed E-state index contributed by atoms with van der Waals surface area (Å²) in [6, 6.07) is 0. The van der Waals surface area contributed by atoms with Gasteiger partial charge in [-0.1, -0.05) is 25.4 Å². The van der Waals surface area contributed by atoms with Crippen molar-refractivity contribution in [3.8, 4) is 0 Å².